The van der Waals surface area contributed by atoms with Gasteiger partial charge in [0.15, 0.2) is 0 Å². The summed E-state index contributed by atoms with van der Waals surface area (Å²) in [6.07, 6.45) is -9.72. The molecule has 0 aliphatic rings. The van der Waals surface area contributed by atoms with Crippen LogP contribution in [0.2, 0.25) is 0 Å². The topological polar surface area (TPSA) is 74.7 Å². The van der Waals surface area contributed by atoms with Crippen molar-refractivity contribution in [2.75, 3.05) is 18.8 Å². The number of amides is 1. The molecular weight excluding hydrogens is 913 g/mol. The Labute approximate surface area is 289 Å². The average Bonchev–Trinajstić information content (AvgIpc) is 2.96. The minimum absolute atomic E-state index is 0. The van der Waals surface area contributed by atoms with Crippen molar-refractivity contribution in [3.05, 3.63) is 0 Å². The third kappa shape index (κ3) is 7.32. The molecule has 0 rings (SSSR count). The van der Waals surface area contributed by atoms with Gasteiger partial charge in [0, 0.05) is 13.1 Å². The Hall–Kier alpha value is -2.65. The van der Waals surface area contributed by atoms with Crippen molar-refractivity contribution < 1.29 is 145 Å². The highest BCUT2D eigenvalue weighted by Crippen LogP contribution is 2.69. The molecule has 0 aromatic carbocycles. The molecular formula is C21H16F29NO4S. The number of nitrogens with zero attached hydrogens (tertiary/aromatic N) is 1. The van der Waals surface area contributed by atoms with Gasteiger partial charge in [0.1, 0.15) is 0 Å². The largest absolute Gasteiger partial charge is 0.460 e. The molecule has 35 heteroatoms. The van der Waals surface area contributed by atoms with Crippen molar-refractivity contribution in [1.82, 2.24) is 4.90 Å². The Kier molecular flexibility index (Phi) is 14.4. The van der Waals surface area contributed by atoms with Crippen LogP contribution in [0.15, 0.2) is 0 Å². The maximum absolute atomic E-state index is 14.2. The zero-order valence-corrected chi connectivity index (χ0v) is 25.6. The van der Waals surface area contributed by atoms with Crippen LogP contribution in [0.25, 0.3) is 0 Å². The molecule has 1 N–H and O–H groups in total. The molecule has 0 aromatic heterocycles. The SMILES string of the molecule is C.CCN(CCCS(=O)(=O)O)C(=O)C(F)(F)C(F)(F)C(F)(F)C(F)(F)C(F)(F)C(F)(F)C(F)(F)C(F)(F)C(F)(F)C(F)(F)C(F)(F)C(F)(F)C(F)(F)C(F)(F)F. The number of carbonyl (C=O) groups is 1. The first kappa shape index (κ1) is 55.4. The fraction of sp³-hybridized carbons (Fsp3) is 0.952. The monoisotopic (exact) mass is 929 g/mol. The number of hydrogen-bond acceptors (Lipinski definition) is 3. The van der Waals surface area contributed by atoms with Gasteiger partial charge in [0.2, 0.25) is 0 Å². The zero-order chi connectivity index (χ0) is 45.5. The lowest BCUT2D eigenvalue weighted by molar-refractivity contribution is -0.486. The highest BCUT2D eigenvalue weighted by atomic mass is 32.2. The summed E-state index contributed by atoms with van der Waals surface area (Å²) in [7, 11) is -5.15. The van der Waals surface area contributed by atoms with Gasteiger partial charge in [0.05, 0.1) is 5.75 Å². The van der Waals surface area contributed by atoms with Crippen LogP contribution in [-0.2, 0) is 14.9 Å². The molecule has 0 saturated heterocycles. The summed E-state index contributed by atoms with van der Waals surface area (Å²) in [4.78, 5) is 10.8. The molecule has 5 nitrogen and oxygen atoms in total. The van der Waals surface area contributed by atoms with E-state index >= 15 is 0 Å². The van der Waals surface area contributed by atoms with Gasteiger partial charge in [-0.1, -0.05) is 7.43 Å². The van der Waals surface area contributed by atoms with Crippen LogP contribution in [0.5, 0.6) is 0 Å². The van der Waals surface area contributed by atoms with Gasteiger partial charge in [-0.15, -0.1) is 0 Å². The second-order valence-corrected chi connectivity index (χ2v) is 12.1. The minimum atomic E-state index is -10.0. The van der Waals surface area contributed by atoms with Crippen LogP contribution in [0.3, 0.4) is 0 Å². The fourth-order valence-electron chi connectivity index (χ4n) is 3.52. The van der Waals surface area contributed by atoms with Crippen LogP contribution in [0, 0.1) is 0 Å². The molecule has 0 aliphatic carbocycles. The Bertz CT molecular complexity index is 1520. The average molecular weight is 929 g/mol. The predicted octanol–water partition coefficient (Wildman–Crippen LogP) is 9.57. The van der Waals surface area contributed by atoms with Gasteiger partial charge in [-0.25, -0.2) is 0 Å². The fourth-order valence-corrected chi connectivity index (χ4v) is 4.01. The van der Waals surface area contributed by atoms with Crippen molar-refractivity contribution >= 4 is 16.0 Å². The lowest BCUT2D eigenvalue weighted by Gasteiger charge is -2.46. The molecule has 0 aromatic rings. The summed E-state index contributed by atoms with van der Waals surface area (Å²) in [6.45, 7) is -2.93. The Morgan fingerprint density at radius 2 is 0.661 bits per heavy atom. The van der Waals surface area contributed by atoms with Crippen LogP contribution >= 0.6 is 0 Å². The van der Waals surface area contributed by atoms with E-state index in [1.807, 2.05) is 0 Å². The molecule has 0 aliphatic heterocycles. The normalized spacial score (nSPS) is 16.1. The van der Waals surface area contributed by atoms with Crippen molar-refractivity contribution in [2.45, 2.75) is 104 Å². The highest BCUT2D eigenvalue weighted by molar-refractivity contribution is 7.85. The van der Waals surface area contributed by atoms with E-state index in [0.717, 1.165) is 0 Å². The van der Waals surface area contributed by atoms with Gasteiger partial charge >= 0.3 is 83.2 Å². The summed E-state index contributed by atoms with van der Waals surface area (Å²) in [5.41, 5.74) is 0. The number of rotatable bonds is 18. The lowest BCUT2D eigenvalue weighted by Crippen LogP contribution is -2.79. The maximum Gasteiger partial charge on any atom is 0.460 e. The summed E-state index contributed by atoms with van der Waals surface area (Å²) in [6, 6.07) is 0. The second kappa shape index (κ2) is 14.6. The van der Waals surface area contributed by atoms with E-state index < -0.39 is 129 Å². The van der Waals surface area contributed by atoms with Crippen LogP contribution < -0.4 is 0 Å². The minimum Gasteiger partial charge on any atom is -0.338 e. The van der Waals surface area contributed by atoms with Crippen molar-refractivity contribution in [2.24, 2.45) is 0 Å². The molecule has 0 radical (unpaired) electrons. The summed E-state index contributed by atoms with van der Waals surface area (Å²) >= 11 is 0. The van der Waals surface area contributed by atoms with E-state index in [-0.39, 0.29) is 7.43 Å². The van der Waals surface area contributed by atoms with Gasteiger partial charge in [-0.05, 0) is 13.3 Å². The first-order chi connectivity index (χ1) is 23.3. The standard InChI is InChI=1S/C20H12F29NO4S.CH4/c1-2-50(4-3-5-55(52,53)54)6(51)7(21,22)8(23,24)9(25,26)10(27,28)11(29,30)12(31,32)13(33,34)14(35,36)15(37,38)16(39,40)17(41,42)18(43,44)19(45,46)20(47,48)49;/h2-5H2,1H3,(H,52,53,54);1H4. The van der Waals surface area contributed by atoms with Gasteiger partial charge in [-0.3, -0.25) is 9.35 Å². The molecule has 0 saturated carbocycles. The molecule has 0 fully saturated rings. The van der Waals surface area contributed by atoms with Gasteiger partial charge < -0.3 is 4.90 Å². The first-order valence-corrected chi connectivity index (χ1v) is 14.2. The molecule has 0 bridgehead atoms. The third-order valence-corrected chi connectivity index (χ3v) is 7.66. The molecule has 0 unspecified atom stereocenters. The van der Waals surface area contributed by atoms with Crippen LogP contribution in [-0.4, -0.2) is 126 Å². The molecule has 1 amide bonds. The van der Waals surface area contributed by atoms with Crippen molar-refractivity contribution in [1.29, 1.82) is 0 Å². The van der Waals surface area contributed by atoms with E-state index in [0.29, 0.717) is 6.92 Å². The first-order valence-electron chi connectivity index (χ1n) is 12.6. The molecule has 338 valence electrons. The van der Waals surface area contributed by atoms with Gasteiger partial charge in [0.25, 0.3) is 16.0 Å². The maximum atomic E-state index is 14.2. The molecule has 0 heterocycles. The lowest BCUT2D eigenvalue weighted by atomic mass is 9.83. The van der Waals surface area contributed by atoms with Crippen LogP contribution in [0.4, 0.5) is 127 Å². The number of halogens is 29. The summed E-state index contributed by atoms with van der Waals surface area (Å²) in [5.74, 6) is -129. The van der Waals surface area contributed by atoms with E-state index in [4.69, 9.17) is 4.55 Å². The van der Waals surface area contributed by atoms with E-state index in [2.05, 4.69) is 0 Å². The number of alkyl halides is 29. The Morgan fingerprint density at radius 3 is 0.857 bits per heavy atom. The van der Waals surface area contributed by atoms with Crippen molar-refractivity contribution in [3.63, 3.8) is 0 Å². The second-order valence-electron chi connectivity index (χ2n) is 10.5. The molecule has 0 atom stereocenters. The number of hydrogen-bond donors (Lipinski definition) is 1. The predicted molar refractivity (Wildman–Crippen MR) is 120 cm³/mol. The third-order valence-electron chi connectivity index (χ3n) is 6.86. The zero-order valence-electron chi connectivity index (χ0n) is 24.8. The summed E-state index contributed by atoms with van der Waals surface area (Å²) in [5, 5.41) is 0. The number of carbonyl (C=O) groups excluding carboxylic acids is 1. The Balaban J connectivity index is 0. The Morgan fingerprint density at radius 1 is 0.446 bits per heavy atom. The smallest absolute Gasteiger partial charge is 0.338 e. The van der Waals surface area contributed by atoms with E-state index in [1.54, 1.807) is 0 Å². The quantitative estimate of drug-likeness (QED) is 0.110. The van der Waals surface area contributed by atoms with E-state index in [1.165, 1.54) is 0 Å². The summed E-state index contributed by atoms with van der Waals surface area (Å²) < 4.78 is 425. The van der Waals surface area contributed by atoms with Gasteiger partial charge in [-0.2, -0.15) is 136 Å². The van der Waals surface area contributed by atoms with E-state index in [9.17, 15) is 141 Å². The highest BCUT2D eigenvalue weighted by Gasteiger charge is 3.01. The van der Waals surface area contributed by atoms with Crippen LogP contribution in [0.1, 0.15) is 20.8 Å². The van der Waals surface area contributed by atoms with Crippen molar-refractivity contribution in [3.8, 4) is 0 Å². The molecule has 0 spiro atoms. The molecule has 56 heavy (non-hydrogen) atoms.